The van der Waals surface area contributed by atoms with Crippen LogP contribution in [0.4, 0.5) is 0 Å². The van der Waals surface area contributed by atoms with E-state index in [9.17, 15) is 0 Å². The summed E-state index contributed by atoms with van der Waals surface area (Å²) in [6, 6.07) is 69.4. The molecule has 11 heterocycles. The van der Waals surface area contributed by atoms with Crippen LogP contribution in [0.5, 0.6) is 0 Å². The highest BCUT2D eigenvalue weighted by Crippen LogP contribution is 2.29. The Morgan fingerprint density at radius 2 is 0.582 bits per heavy atom. The van der Waals surface area contributed by atoms with Crippen molar-refractivity contribution in [3.05, 3.63) is 329 Å². The summed E-state index contributed by atoms with van der Waals surface area (Å²) in [5.41, 5.74) is 31.7. The standard InChI is InChI=1S/C17H19N2.3C16H18N3.2C14H14N3/c1-12-8-7-9-13(2)17(12)19-14(3)18(4)15-10-5-6-11-16(15)19;1-11-7-5-8-12(2)15(11)19-13(3)18(4)16-14(19)9-6-10-17-16;1-11-6-5-7-12(2)16(11)19-13(3)18(4)15-10-17-9-8-14(15)19;1-11-6-5-7-12(2)16(11)19-13(3)18(4)14-8-9-17-10-15(14)19;1-11-16(2)14-13(9-6-10-15-14)17(11)12-7-4-3-5-8-12;1-11-16(2)14-10-15-9-8-13(14)17(11)12-6-4-3-5-7-12/h5-11H,1-4H3;3*5-10H,1-4H3;2*3-10H,1-2H3/q6*+1. The van der Waals surface area contributed by atoms with Crippen LogP contribution in [0.3, 0.4) is 0 Å². The number of para-hydroxylation sites is 8. The molecule has 110 heavy (non-hydrogen) atoms. The van der Waals surface area contributed by atoms with Gasteiger partial charge in [0.2, 0.25) is 11.6 Å². The zero-order valence-corrected chi connectivity index (χ0v) is 67.3. The molecule has 0 atom stereocenters. The molecule has 0 fully saturated rings. The maximum absolute atomic E-state index is 4.49. The molecule has 0 aliphatic carbocycles. The van der Waals surface area contributed by atoms with E-state index in [0.717, 1.165) is 38.9 Å². The number of fused-ring (bicyclic) bond motifs is 6. The van der Waals surface area contributed by atoms with E-state index in [0.29, 0.717) is 0 Å². The number of aryl methyl sites for hydroxylation is 14. The lowest BCUT2D eigenvalue weighted by molar-refractivity contribution is -0.654. The fourth-order valence-corrected chi connectivity index (χ4v) is 15.6. The summed E-state index contributed by atoms with van der Waals surface area (Å²) in [5, 5.41) is 0. The summed E-state index contributed by atoms with van der Waals surface area (Å²) in [6.07, 6.45) is 15.0. The van der Waals surface area contributed by atoms with Gasteiger partial charge in [0.1, 0.15) is 46.5 Å². The first-order valence-electron chi connectivity index (χ1n) is 37.4. The lowest BCUT2D eigenvalue weighted by atomic mass is 10.1. The van der Waals surface area contributed by atoms with Crippen molar-refractivity contribution in [1.29, 1.82) is 0 Å². The van der Waals surface area contributed by atoms with Crippen molar-refractivity contribution < 1.29 is 27.4 Å². The van der Waals surface area contributed by atoms with E-state index in [1.807, 2.05) is 80.9 Å². The minimum absolute atomic E-state index is 1.01. The highest BCUT2D eigenvalue weighted by molar-refractivity contribution is 5.78. The zero-order chi connectivity index (χ0) is 77.9. The van der Waals surface area contributed by atoms with E-state index >= 15 is 0 Å². The Labute approximate surface area is 645 Å². The van der Waals surface area contributed by atoms with Crippen LogP contribution in [0, 0.1) is 96.9 Å². The van der Waals surface area contributed by atoms with Gasteiger partial charge in [-0.1, -0.05) is 121 Å². The number of benzene rings is 7. The van der Waals surface area contributed by atoms with Gasteiger partial charge in [0.15, 0.2) is 55.2 Å². The van der Waals surface area contributed by atoms with Crippen LogP contribution >= 0.6 is 0 Å². The monoisotopic (exact) mass is 1460 g/mol. The highest BCUT2D eigenvalue weighted by atomic mass is 15.2. The van der Waals surface area contributed by atoms with Gasteiger partial charge in [0.25, 0.3) is 23.3 Å². The molecule has 0 N–H and O–H groups in total. The Morgan fingerprint density at radius 3 is 1.08 bits per heavy atom. The third kappa shape index (κ3) is 14.0. The van der Waals surface area contributed by atoms with E-state index in [1.165, 1.54) is 141 Å². The summed E-state index contributed by atoms with van der Waals surface area (Å²) in [5.74, 6) is 7.22. The van der Waals surface area contributed by atoms with Crippen molar-refractivity contribution in [2.45, 2.75) is 96.9 Å². The van der Waals surface area contributed by atoms with Gasteiger partial charge in [-0.05, 0) is 161 Å². The summed E-state index contributed by atoms with van der Waals surface area (Å²) < 4.78 is 26.8. The first-order chi connectivity index (χ1) is 53.0. The highest BCUT2D eigenvalue weighted by Gasteiger charge is 2.29. The molecular formula is C93H101N17+6. The SMILES string of the molecule is Cc1cccc(C)c1-[n+]1c(C)n(C)c2cnccc21.Cc1cccc(C)c1-n1c(C)[n+](C)c2ccccc21.Cc1cccc(C)c1-n1c(C)[n+](C)c2ccncc21.Cc1cccc(C)c1-n1c(C)[n+](C)c2ncccc21.Cc1n(-c2ccccc2)c2cccnc2[n+]1C.Cc1n(-c2ccccc2)c2ccncc2[n+]1C. The van der Waals surface area contributed by atoms with E-state index in [2.05, 4.69) is 388 Å². The van der Waals surface area contributed by atoms with E-state index < -0.39 is 0 Å². The first kappa shape index (κ1) is 75.3. The number of nitrogens with zero attached hydrogens (tertiary/aromatic N) is 17. The van der Waals surface area contributed by atoms with Gasteiger partial charge in [-0.25, -0.2) is 36.5 Å². The molecule has 0 saturated carbocycles. The van der Waals surface area contributed by atoms with Crippen LogP contribution in [0.2, 0.25) is 0 Å². The maximum atomic E-state index is 4.49. The largest absolute Gasteiger partial charge is 0.302 e. The third-order valence-corrected chi connectivity index (χ3v) is 21.8. The van der Waals surface area contributed by atoms with Crippen molar-refractivity contribution in [1.82, 2.24) is 52.3 Å². The number of aromatic nitrogens is 17. The maximum Gasteiger partial charge on any atom is 0.302 e. The minimum Gasteiger partial charge on any atom is -0.260 e. The molecule has 0 radical (unpaired) electrons. The number of rotatable bonds is 6. The number of hydrogen-bond acceptors (Lipinski definition) is 5. The quantitative estimate of drug-likeness (QED) is 0.154. The molecule has 17 heteroatoms. The second-order valence-corrected chi connectivity index (χ2v) is 28.6. The molecule has 17 nitrogen and oxygen atoms in total. The van der Waals surface area contributed by atoms with Gasteiger partial charge in [-0.15, -0.1) is 9.97 Å². The summed E-state index contributed by atoms with van der Waals surface area (Å²) in [4.78, 5) is 21.6. The van der Waals surface area contributed by atoms with E-state index in [-0.39, 0.29) is 0 Å². The van der Waals surface area contributed by atoms with Gasteiger partial charge >= 0.3 is 11.3 Å². The van der Waals surface area contributed by atoms with Crippen molar-refractivity contribution in [3.8, 4) is 34.1 Å². The fraction of sp³-hybridized carbons (Fsp3) is 0.215. The Kier molecular flexibility index (Phi) is 21.8. The molecule has 11 aromatic heterocycles. The number of imidazole rings is 6. The third-order valence-electron chi connectivity index (χ3n) is 21.8. The van der Waals surface area contributed by atoms with Gasteiger partial charge in [0.05, 0.1) is 60.9 Å². The molecule has 7 aromatic carbocycles. The molecule has 0 aliphatic heterocycles. The lowest BCUT2D eigenvalue weighted by Gasteiger charge is -2.09. The zero-order valence-electron chi connectivity index (χ0n) is 67.3. The van der Waals surface area contributed by atoms with Crippen LogP contribution in [0.1, 0.15) is 79.5 Å². The van der Waals surface area contributed by atoms with Gasteiger partial charge < -0.3 is 0 Å². The summed E-state index contributed by atoms with van der Waals surface area (Å²) in [6.45, 7) is 30.1. The molecule has 0 spiro atoms. The molecule has 552 valence electrons. The average molecular weight is 1460 g/mol. The summed E-state index contributed by atoms with van der Waals surface area (Å²) >= 11 is 0. The lowest BCUT2D eigenvalue weighted by Crippen LogP contribution is -2.35. The van der Waals surface area contributed by atoms with Crippen molar-refractivity contribution in [3.63, 3.8) is 0 Å². The van der Waals surface area contributed by atoms with Gasteiger partial charge in [0, 0.05) is 78.3 Å². The average Bonchev–Trinajstić information content (AvgIpc) is 1.63. The van der Waals surface area contributed by atoms with Crippen LogP contribution < -0.4 is 27.4 Å². The van der Waals surface area contributed by atoms with Gasteiger partial charge in [-0.3, -0.25) is 15.0 Å². The molecular weight excluding hydrogens is 1360 g/mol. The molecule has 18 rings (SSSR count). The second-order valence-electron chi connectivity index (χ2n) is 28.6. The minimum atomic E-state index is 1.01. The summed E-state index contributed by atoms with van der Waals surface area (Å²) in [7, 11) is 12.5. The predicted octanol–water partition coefficient (Wildman–Crippen LogP) is 16.0. The normalized spacial score (nSPS) is 11.1. The Morgan fingerprint density at radius 1 is 0.245 bits per heavy atom. The van der Waals surface area contributed by atoms with Crippen LogP contribution in [-0.2, 0) is 42.3 Å². The van der Waals surface area contributed by atoms with Crippen LogP contribution in [0.25, 0.3) is 101 Å². The van der Waals surface area contributed by atoms with Gasteiger partial charge in [-0.2, -0.15) is 18.3 Å². The molecule has 18 aromatic rings. The number of pyridine rings is 5. The first-order valence-corrected chi connectivity index (χ1v) is 37.4. The van der Waals surface area contributed by atoms with E-state index in [1.54, 1.807) is 0 Å². The molecule has 0 bridgehead atoms. The van der Waals surface area contributed by atoms with Crippen molar-refractivity contribution in [2.75, 3.05) is 0 Å². The molecule has 0 amide bonds. The Bertz CT molecular complexity index is 5680. The molecule has 0 unspecified atom stereocenters. The second kappa shape index (κ2) is 31.9. The van der Waals surface area contributed by atoms with Crippen LogP contribution in [-0.4, -0.2) is 52.3 Å². The Balaban J connectivity index is 0.000000116. The molecule has 0 aliphatic rings. The van der Waals surface area contributed by atoms with Crippen LogP contribution in [0.15, 0.2) is 250 Å². The fourth-order valence-electron chi connectivity index (χ4n) is 15.6. The smallest absolute Gasteiger partial charge is 0.260 e. The number of hydrogen-bond donors (Lipinski definition) is 0. The van der Waals surface area contributed by atoms with Crippen molar-refractivity contribution in [2.24, 2.45) is 42.3 Å². The van der Waals surface area contributed by atoms with E-state index in [4.69, 9.17) is 0 Å². The topological polar surface area (TPSA) is 117 Å². The predicted molar refractivity (Wildman–Crippen MR) is 442 cm³/mol. The molecule has 0 saturated heterocycles. The Hall–Kier alpha value is -12.9. The van der Waals surface area contributed by atoms with Crippen molar-refractivity contribution >= 4 is 66.5 Å².